The van der Waals surface area contributed by atoms with Gasteiger partial charge in [0.2, 0.25) is 0 Å². The van der Waals surface area contributed by atoms with Crippen LogP contribution in [0.1, 0.15) is 29.0 Å². The number of nitrogen functional groups attached to an aromatic ring is 1. The van der Waals surface area contributed by atoms with Gasteiger partial charge in [0.1, 0.15) is 5.82 Å². The molecular weight excluding hydrogens is 372 g/mol. The Labute approximate surface area is 167 Å². The van der Waals surface area contributed by atoms with Gasteiger partial charge < -0.3 is 15.4 Å². The molecule has 1 fully saturated rings. The van der Waals surface area contributed by atoms with Crippen LogP contribution in [0.4, 0.5) is 11.6 Å². The second-order valence-corrected chi connectivity index (χ2v) is 8.52. The van der Waals surface area contributed by atoms with E-state index in [0.717, 1.165) is 61.0 Å². The van der Waals surface area contributed by atoms with E-state index in [-0.39, 0.29) is 5.60 Å². The number of rotatable bonds is 2. The predicted molar refractivity (Wildman–Crippen MR) is 109 cm³/mol. The quantitative estimate of drug-likeness (QED) is 0.714. The molecule has 0 atom stereocenters. The Morgan fingerprint density at radius 2 is 2.00 bits per heavy atom. The maximum atomic E-state index is 6.39. The molecule has 28 heavy (non-hydrogen) atoms. The minimum atomic E-state index is -0.210. The van der Waals surface area contributed by atoms with E-state index >= 15 is 0 Å². The maximum absolute atomic E-state index is 6.39. The van der Waals surface area contributed by atoms with E-state index in [0.29, 0.717) is 5.82 Å². The lowest BCUT2D eigenvalue weighted by atomic mass is 9.82. The van der Waals surface area contributed by atoms with Crippen molar-refractivity contribution in [2.75, 3.05) is 30.3 Å². The summed E-state index contributed by atoms with van der Waals surface area (Å²) < 4.78 is 6.39. The van der Waals surface area contributed by atoms with Crippen molar-refractivity contribution in [1.29, 1.82) is 0 Å². The average molecular weight is 395 g/mol. The number of aryl methyl sites for hydroxylation is 1. The van der Waals surface area contributed by atoms with Crippen LogP contribution in [0.15, 0.2) is 30.6 Å². The zero-order chi connectivity index (χ0) is 19.1. The number of hydrogen-bond donors (Lipinski definition) is 1. The van der Waals surface area contributed by atoms with Gasteiger partial charge in [-0.3, -0.25) is 0 Å². The maximum Gasteiger partial charge on any atom is 0.151 e. The third-order valence-electron chi connectivity index (χ3n) is 5.61. The molecule has 2 aliphatic rings. The van der Waals surface area contributed by atoms with Crippen LogP contribution in [0.5, 0.6) is 0 Å². The molecule has 7 nitrogen and oxygen atoms in total. The number of nitrogens with two attached hydrogens (primary N) is 1. The van der Waals surface area contributed by atoms with Gasteiger partial charge in [-0.1, -0.05) is 0 Å². The Hall–Kier alpha value is -2.58. The summed E-state index contributed by atoms with van der Waals surface area (Å²) in [4.78, 5) is 13.5. The first-order valence-electron chi connectivity index (χ1n) is 9.53. The zero-order valence-electron chi connectivity index (χ0n) is 15.8. The number of nitrogens with zero attached hydrogens (tertiary/aromatic N) is 5. The van der Waals surface area contributed by atoms with Crippen molar-refractivity contribution in [2.24, 2.45) is 0 Å². The molecule has 144 valence electrons. The number of thiophene rings is 1. The van der Waals surface area contributed by atoms with Gasteiger partial charge >= 0.3 is 0 Å². The van der Waals surface area contributed by atoms with Crippen molar-refractivity contribution in [3.63, 3.8) is 0 Å². The van der Waals surface area contributed by atoms with Crippen molar-refractivity contribution >= 4 is 23.0 Å². The van der Waals surface area contributed by atoms with Gasteiger partial charge in [-0.15, -0.1) is 16.4 Å². The average Bonchev–Trinajstić information content (AvgIpc) is 3.16. The zero-order valence-corrected chi connectivity index (χ0v) is 16.6. The van der Waals surface area contributed by atoms with Gasteiger partial charge in [0, 0.05) is 24.4 Å². The van der Waals surface area contributed by atoms with Crippen LogP contribution in [-0.2, 0) is 16.8 Å². The molecule has 3 aromatic rings. The van der Waals surface area contributed by atoms with Crippen LogP contribution in [0.2, 0.25) is 0 Å². The fourth-order valence-corrected chi connectivity index (χ4v) is 5.27. The number of fused-ring (bicyclic) bond motifs is 2. The van der Waals surface area contributed by atoms with E-state index in [4.69, 9.17) is 10.5 Å². The van der Waals surface area contributed by atoms with Crippen molar-refractivity contribution in [1.82, 2.24) is 20.2 Å². The second-order valence-electron chi connectivity index (χ2n) is 7.39. The summed E-state index contributed by atoms with van der Waals surface area (Å²) in [5.41, 5.74) is 8.60. The summed E-state index contributed by atoms with van der Waals surface area (Å²) in [5.74, 6) is 1.39. The Morgan fingerprint density at radius 1 is 1.14 bits per heavy atom. The predicted octanol–water partition coefficient (Wildman–Crippen LogP) is 2.95. The largest absolute Gasteiger partial charge is 0.382 e. The van der Waals surface area contributed by atoms with E-state index in [1.54, 1.807) is 23.7 Å². The van der Waals surface area contributed by atoms with Crippen molar-refractivity contribution in [3.05, 3.63) is 46.7 Å². The van der Waals surface area contributed by atoms with E-state index < -0.39 is 0 Å². The monoisotopic (exact) mass is 394 g/mol. The molecule has 5 rings (SSSR count). The molecule has 0 unspecified atom stereocenters. The molecular formula is C20H22N6OS. The molecule has 8 heteroatoms. The Balaban J connectivity index is 1.40. The van der Waals surface area contributed by atoms with E-state index in [1.807, 2.05) is 13.0 Å². The second kappa shape index (κ2) is 6.79. The molecule has 0 aromatic carbocycles. The van der Waals surface area contributed by atoms with Gasteiger partial charge in [0.05, 0.1) is 40.9 Å². The van der Waals surface area contributed by atoms with E-state index in [2.05, 4.69) is 37.2 Å². The van der Waals surface area contributed by atoms with Gasteiger partial charge in [0.15, 0.2) is 5.82 Å². The fourth-order valence-electron chi connectivity index (χ4n) is 4.08. The summed E-state index contributed by atoms with van der Waals surface area (Å²) >= 11 is 1.80. The fraction of sp³-hybridized carbons (Fsp3) is 0.400. The first-order chi connectivity index (χ1) is 13.6. The number of aromatic nitrogens is 4. The smallest absolute Gasteiger partial charge is 0.151 e. The number of anilines is 2. The van der Waals surface area contributed by atoms with Gasteiger partial charge in [-0.25, -0.2) is 9.97 Å². The van der Waals surface area contributed by atoms with Crippen molar-refractivity contribution in [2.45, 2.75) is 31.8 Å². The summed E-state index contributed by atoms with van der Waals surface area (Å²) in [6, 6.07) is 6.32. The lowest BCUT2D eigenvalue weighted by Crippen LogP contribution is -2.46. The molecule has 0 amide bonds. The molecule has 5 heterocycles. The van der Waals surface area contributed by atoms with E-state index in [1.165, 1.54) is 10.4 Å². The normalized spacial score (nSPS) is 18.2. The molecule has 2 N–H and O–H groups in total. The first kappa shape index (κ1) is 17.5. The van der Waals surface area contributed by atoms with Crippen LogP contribution in [0.25, 0.3) is 10.6 Å². The number of hydrogen-bond acceptors (Lipinski definition) is 8. The molecule has 1 saturated heterocycles. The molecule has 2 aliphatic heterocycles. The van der Waals surface area contributed by atoms with Crippen LogP contribution in [0.3, 0.4) is 0 Å². The van der Waals surface area contributed by atoms with Crippen LogP contribution < -0.4 is 10.6 Å². The van der Waals surface area contributed by atoms with Gasteiger partial charge in [0.25, 0.3) is 0 Å². The molecule has 0 radical (unpaired) electrons. The third kappa shape index (κ3) is 3.02. The highest BCUT2D eigenvalue weighted by molar-refractivity contribution is 7.15. The lowest BCUT2D eigenvalue weighted by molar-refractivity contribution is -0.0757. The summed E-state index contributed by atoms with van der Waals surface area (Å²) in [7, 11) is 0. The SMILES string of the molecule is Cc1ccc(N2CCC3(CC2)OCCc2sc(-c4cnc(N)cn4)cc23)nn1. The molecule has 1 spiro atoms. The number of ether oxygens (including phenoxy) is 1. The highest BCUT2D eigenvalue weighted by Gasteiger charge is 2.42. The lowest BCUT2D eigenvalue weighted by Gasteiger charge is -2.44. The van der Waals surface area contributed by atoms with Crippen LogP contribution >= 0.6 is 11.3 Å². The Morgan fingerprint density at radius 3 is 2.71 bits per heavy atom. The van der Waals surface area contributed by atoms with Crippen molar-refractivity contribution in [3.8, 4) is 10.6 Å². The molecule has 0 saturated carbocycles. The minimum Gasteiger partial charge on any atom is -0.382 e. The van der Waals surface area contributed by atoms with E-state index in [9.17, 15) is 0 Å². The molecule has 3 aromatic heterocycles. The summed E-state index contributed by atoms with van der Waals surface area (Å²) in [6.07, 6.45) is 6.20. The van der Waals surface area contributed by atoms with Gasteiger partial charge in [-0.05, 0) is 43.5 Å². The first-order valence-corrected chi connectivity index (χ1v) is 10.3. The minimum absolute atomic E-state index is 0.210. The van der Waals surface area contributed by atoms with Crippen LogP contribution in [-0.4, -0.2) is 39.9 Å². The summed E-state index contributed by atoms with van der Waals surface area (Å²) in [5, 5.41) is 8.54. The van der Waals surface area contributed by atoms with Crippen LogP contribution in [0, 0.1) is 6.92 Å². The Bertz CT molecular complexity index is 977. The van der Waals surface area contributed by atoms with Crippen molar-refractivity contribution < 1.29 is 4.74 Å². The highest BCUT2D eigenvalue weighted by Crippen LogP contribution is 2.46. The molecule has 0 bridgehead atoms. The standard InChI is InChI=1S/C20H22N6OS/c1-13-2-3-19(25-24-13)26-7-5-20(6-8-26)14-10-17(28-16(14)4-9-27-20)15-11-23-18(21)12-22-15/h2-3,10-12H,4-9H2,1H3,(H2,21,23). The Kier molecular flexibility index (Phi) is 4.25. The molecule has 0 aliphatic carbocycles. The third-order valence-corrected chi connectivity index (χ3v) is 6.83. The summed E-state index contributed by atoms with van der Waals surface area (Å²) in [6.45, 7) is 4.54. The number of piperidine rings is 1. The van der Waals surface area contributed by atoms with Gasteiger partial charge in [-0.2, -0.15) is 5.10 Å². The topological polar surface area (TPSA) is 90.0 Å². The highest BCUT2D eigenvalue weighted by atomic mass is 32.1.